The van der Waals surface area contributed by atoms with Gasteiger partial charge in [0.2, 0.25) is 0 Å². The number of ether oxygens (including phenoxy) is 1. The van der Waals surface area contributed by atoms with Crippen LogP contribution in [0.3, 0.4) is 0 Å². The molecule has 0 heterocycles. The summed E-state index contributed by atoms with van der Waals surface area (Å²) >= 11 is 2.23. The van der Waals surface area contributed by atoms with Gasteiger partial charge in [-0.3, -0.25) is 4.79 Å². The summed E-state index contributed by atoms with van der Waals surface area (Å²) in [6.45, 7) is 0.0740. The van der Waals surface area contributed by atoms with E-state index in [0.717, 1.165) is 9.32 Å². The Morgan fingerprint density at radius 1 is 1.00 bits per heavy atom. The zero-order valence-electron chi connectivity index (χ0n) is 9.10. The predicted molar refractivity (Wildman–Crippen MR) is 75.4 cm³/mol. The van der Waals surface area contributed by atoms with Crippen molar-refractivity contribution < 1.29 is 9.53 Å². The third-order valence-electron chi connectivity index (χ3n) is 2.28. The Morgan fingerprint density at radius 3 is 2.29 bits per heavy atom. The van der Waals surface area contributed by atoms with Crippen LogP contribution in [0.1, 0.15) is 10.4 Å². The van der Waals surface area contributed by atoms with Gasteiger partial charge in [0, 0.05) is 9.13 Å². The fourth-order valence-corrected chi connectivity index (χ4v) is 1.75. The molecule has 0 N–H and O–H groups in total. The van der Waals surface area contributed by atoms with Gasteiger partial charge in [0.25, 0.3) is 0 Å². The van der Waals surface area contributed by atoms with Gasteiger partial charge in [-0.1, -0.05) is 30.3 Å². The molecule has 0 fully saturated rings. The van der Waals surface area contributed by atoms with Crippen LogP contribution in [0.15, 0.2) is 54.6 Å². The smallest absolute Gasteiger partial charge is 0.200 e. The molecule has 2 aromatic carbocycles. The standard InChI is InChI=1S/C14H11IO2/c15-12-6-8-13(9-7-12)17-10-14(16)11-4-2-1-3-5-11/h1-9H,10H2. The minimum Gasteiger partial charge on any atom is -0.485 e. The van der Waals surface area contributed by atoms with E-state index in [1.54, 1.807) is 12.1 Å². The van der Waals surface area contributed by atoms with Gasteiger partial charge in [-0.05, 0) is 46.9 Å². The van der Waals surface area contributed by atoms with Crippen molar-refractivity contribution in [2.45, 2.75) is 0 Å². The monoisotopic (exact) mass is 338 g/mol. The van der Waals surface area contributed by atoms with Crippen molar-refractivity contribution in [1.29, 1.82) is 0 Å². The highest BCUT2D eigenvalue weighted by Crippen LogP contribution is 2.13. The van der Waals surface area contributed by atoms with Crippen molar-refractivity contribution in [2.24, 2.45) is 0 Å². The average Bonchev–Trinajstić information content (AvgIpc) is 2.39. The molecule has 0 saturated carbocycles. The second kappa shape index (κ2) is 5.82. The Hall–Kier alpha value is -1.36. The van der Waals surface area contributed by atoms with E-state index >= 15 is 0 Å². The number of halogens is 1. The lowest BCUT2D eigenvalue weighted by Gasteiger charge is -2.05. The van der Waals surface area contributed by atoms with E-state index in [4.69, 9.17) is 4.74 Å². The summed E-state index contributed by atoms with van der Waals surface area (Å²) in [7, 11) is 0. The molecule has 0 aliphatic heterocycles. The lowest BCUT2D eigenvalue weighted by atomic mass is 10.1. The molecule has 2 aromatic rings. The van der Waals surface area contributed by atoms with Gasteiger partial charge in [0.05, 0.1) is 0 Å². The summed E-state index contributed by atoms with van der Waals surface area (Å²) in [6, 6.07) is 16.8. The van der Waals surface area contributed by atoms with Gasteiger partial charge in [0.15, 0.2) is 12.4 Å². The molecule has 0 spiro atoms. The molecule has 0 aromatic heterocycles. The van der Waals surface area contributed by atoms with Crippen LogP contribution < -0.4 is 4.74 Å². The number of hydrogen-bond acceptors (Lipinski definition) is 2. The summed E-state index contributed by atoms with van der Waals surface area (Å²) < 4.78 is 6.57. The number of benzene rings is 2. The normalized spacial score (nSPS) is 9.94. The van der Waals surface area contributed by atoms with Gasteiger partial charge < -0.3 is 4.74 Å². The van der Waals surface area contributed by atoms with Crippen LogP contribution in [-0.4, -0.2) is 12.4 Å². The minimum atomic E-state index is -0.0100. The number of carbonyl (C=O) groups excluding carboxylic acids is 1. The first-order valence-corrected chi connectivity index (χ1v) is 6.30. The van der Waals surface area contributed by atoms with E-state index in [9.17, 15) is 4.79 Å². The third-order valence-corrected chi connectivity index (χ3v) is 3.00. The van der Waals surface area contributed by atoms with Crippen LogP contribution in [0.4, 0.5) is 0 Å². The van der Waals surface area contributed by atoms with Crippen LogP contribution >= 0.6 is 22.6 Å². The van der Waals surface area contributed by atoms with E-state index in [0.29, 0.717) is 5.56 Å². The molecule has 0 amide bonds. The molecule has 0 saturated heterocycles. The van der Waals surface area contributed by atoms with Gasteiger partial charge in [-0.15, -0.1) is 0 Å². The SMILES string of the molecule is O=C(COc1ccc(I)cc1)c1ccccc1. The minimum absolute atomic E-state index is 0.0100. The molecule has 0 atom stereocenters. The van der Waals surface area contributed by atoms with Crippen molar-refractivity contribution in [3.8, 4) is 5.75 Å². The summed E-state index contributed by atoms with van der Waals surface area (Å²) in [5.41, 5.74) is 0.679. The van der Waals surface area contributed by atoms with Crippen molar-refractivity contribution in [3.05, 3.63) is 63.7 Å². The zero-order valence-corrected chi connectivity index (χ0v) is 11.3. The Kier molecular flexibility index (Phi) is 4.14. The van der Waals surface area contributed by atoms with Gasteiger partial charge in [0.1, 0.15) is 5.75 Å². The molecule has 0 aliphatic rings. The Bertz CT molecular complexity index is 491. The molecular weight excluding hydrogens is 327 g/mol. The van der Waals surface area contributed by atoms with E-state index in [1.807, 2.05) is 42.5 Å². The molecule has 0 bridgehead atoms. The summed E-state index contributed by atoms with van der Waals surface area (Å²) in [6.07, 6.45) is 0. The topological polar surface area (TPSA) is 26.3 Å². The van der Waals surface area contributed by atoms with Gasteiger partial charge in [-0.2, -0.15) is 0 Å². The quantitative estimate of drug-likeness (QED) is 0.630. The van der Waals surface area contributed by atoms with E-state index in [2.05, 4.69) is 22.6 Å². The molecule has 3 heteroatoms. The lowest BCUT2D eigenvalue weighted by Crippen LogP contribution is -2.11. The van der Waals surface area contributed by atoms with Crippen LogP contribution in [-0.2, 0) is 0 Å². The number of ketones is 1. The molecule has 2 nitrogen and oxygen atoms in total. The van der Waals surface area contributed by atoms with Gasteiger partial charge in [-0.25, -0.2) is 0 Å². The Labute approximate surface area is 114 Å². The number of carbonyl (C=O) groups is 1. The fraction of sp³-hybridized carbons (Fsp3) is 0.0714. The van der Waals surface area contributed by atoms with Crippen molar-refractivity contribution in [3.63, 3.8) is 0 Å². The van der Waals surface area contributed by atoms with Crippen molar-refractivity contribution in [1.82, 2.24) is 0 Å². The van der Waals surface area contributed by atoms with Crippen molar-refractivity contribution >= 4 is 28.4 Å². The molecule has 0 radical (unpaired) electrons. The summed E-state index contributed by atoms with van der Waals surface area (Å²) in [5.74, 6) is 0.707. The summed E-state index contributed by atoms with van der Waals surface area (Å²) in [5, 5.41) is 0. The molecule has 2 rings (SSSR count). The van der Waals surface area contributed by atoms with Crippen LogP contribution in [0.5, 0.6) is 5.75 Å². The van der Waals surface area contributed by atoms with Crippen LogP contribution in [0.25, 0.3) is 0 Å². The first-order valence-electron chi connectivity index (χ1n) is 5.22. The molecule has 0 aliphatic carbocycles. The van der Waals surface area contributed by atoms with Crippen LogP contribution in [0, 0.1) is 3.57 Å². The first kappa shape index (κ1) is 12.1. The van der Waals surface area contributed by atoms with Crippen LogP contribution in [0.2, 0.25) is 0 Å². The third kappa shape index (κ3) is 3.56. The average molecular weight is 338 g/mol. The Balaban J connectivity index is 1.95. The van der Waals surface area contributed by atoms with E-state index in [1.165, 1.54) is 0 Å². The van der Waals surface area contributed by atoms with Gasteiger partial charge >= 0.3 is 0 Å². The zero-order chi connectivity index (χ0) is 12.1. The predicted octanol–water partition coefficient (Wildman–Crippen LogP) is 3.55. The van der Waals surface area contributed by atoms with E-state index < -0.39 is 0 Å². The maximum Gasteiger partial charge on any atom is 0.200 e. The highest BCUT2D eigenvalue weighted by atomic mass is 127. The largest absolute Gasteiger partial charge is 0.485 e. The number of hydrogen-bond donors (Lipinski definition) is 0. The molecule has 86 valence electrons. The fourth-order valence-electron chi connectivity index (χ4n) is 1.39. The lowest BCUT2D eigenvalue weighted by molar-refractivity contribution is 0.0921. The Morgan fingerprint density at radius 2 is 1.65 bits per heavy atom. The highest BCUT2D eigenvalue weighted by Gasteiger charge is 2.05. The molecule has 17 heavy (non-hydrogen) atoms. The molecular formula is C14H11IO2. The maximum atomic E-state index is 11.8. The number of rotatable bonds is 4. The number of Topliss-reactive ketones (excluding diaryl/α,β-unsaturated/α-hetero) is 1. The van der Waals surface area contributed by atoms with E-state index in [-0.39, 0.29) is 12.4 Å². The van der Waals surface area contributed by atoms with Crippen molar-refractivity contribution in [2.75, 3.05) is 6.61 Å². The highest BCUT2D eigenvalue weighted by molar-refractivity contribution is 14.1. The second-order valence-electron chi connectivity index (χ2n) is 3.53. The first-order chi connectivity index (χ1) is 8.25. The maximum absolute atomic E-state index is 11.8. The summed E-state index contributed by atoms with van der Waals surface area (Å²) in [4.78, 5) is 11.8. The molecule has 0 unspecified atom stereocenters. The second-order valence-corrected chi connectivity index (χ2v) is 4.78.